The lowest BCUT2D eigenvalue weighted by molar-refractivity contribution is 0.0790. The number of carbonyl (C=O) groups excluding carboxylic acids is 1. The Bertz CT molecular complexity index is 559. The van der Waals surface area contributed by atoms with Gasteiger partial charge in [0.15, 0.2) is 0 Å². The predicted molar refractivity (Wildman–Crippen MR) is 78.7 cm³/mol. The summed E-state index contributed by atoms with van der Waals surface area (Å²) in [5.74, 6) is 0.00949. The first-order valence-electron chi connectivity index (χ1n) is 5.15. The summed E-state index contributed by atoms with van der Waals surface area (Å²) in [6.45, 7) is 0.555. The van der Waals surface area contributed by atoms with E-state index in [2.05, 4.69) is 37.0 Å². The lowest BCUT2D eigenvalue weighted by Gasteiger charge is -2.14. The van der Waals surface area contributed by atoms with Gasteiger partial charge < -0.3 is 4.90 Å². The average molecular weight is 393 g/mol. The number of amides is 1. The lowest BCUT2D eigenvalue weighted by atomic mass is 10.3. The number of nitrogens with zero attached hydrogens (tertiary/aromatic N) is 3. The van der Waals surface area contributed by atoms with Crippen molar-refractivity contribution in [1.29, 1.82) is 0 Å². The van der Waals surface area contributed by atoms with Crippen LogP contribution in [-0.4, -0.2) is 27.6 Å². The van der Waals surface area contributed by atoms with Crippen molar-refractivity contribution in [3.05, 3.63) is 37.2 Å². The Hall–Kier alpha value is -0.660. The second-order valence-corrected chi connectivity index (χ2v) is 7.14. The Labute approximate surface area is 126 Å². The van der Waals surface area contributed by atoms with E-state index in [4.69, 9.17) is 0 Å². The standard InChI is InChI=1S/C11H11Br2N3OS/c1-15(5-7-4-14-16(2)6-7)11(17)9-3-8(12)10(13)18-9/h3-4,6H,5H2,1-2H3. The number of carbonyl (C=O) groups is 1. The Balaban J connectivity index is 2.09. The Morgan fingerprint density at radius 1 is 1.56 bits per heavy atom. The summed E-state index contributed by atoms with van der Waals surface area (Å²) in [5, 5.41) is 4.09. The molecule has 0 radical (unpaired) electrons. The third-order valence-corrected chi connectivity index (χ3v) is 5.62. The normalized spacial score (nSPS) is 10.7. The van der Waals surface area contributed by atoms with Crippen LogP contribution in [0.25, 0.3) is 0 Å². The van der Waals surface area contributed by atoms with Crippen molar-refractivity contribution in [1.82, 2.24) is 14.7 Å². The molecule has 0 spiro atoms. The molecule has 0 saturated carbocycles. The van der Waals surface area contributed by atoms with Gasteiger partial charge in [-0.1, -0.05) is 0 Å². The zero-order chi connectivity index (χ0) is 13.3. The second-order valence-electron chi connectivity index (χ2n) is 3.92. The van der Waals surface area contributed by atoms with Crippen molar-refractivity contribution >= 4 is 49.1 Å². The molecule has 2 aromatic heterocycles. The number of halogens is 2. The van der Waals surface area contributed by atoms with Gasteiger partial charge in [0, 0.05) is 36.9 Å². The number of hydrogen-bond donors (Lipinski definition) is 0. The van der Waals surface area contributed by atoms with Gasteiger partial charge in [-0.3, -0.25) is 9.48 Å². The maximum Gasteiger partial charge on any atom is 0.264 e. The molecule has 0 aliphatic heterocycles. The van der Waals surface area contributed by atoms with Crippen LogP contribution in [0.4, 0.5) is 0 Å². The fraction of sp³-hybridized carbons (Fsp3) is 0.273. The van der Waals surface area contributed by atoms with Gasteiger partial charge in [-0.25, -0.2) is 0 Å². The Morgan fingerprint density at radius 3 is 2.78 bits per heavy atom. The van der Waals surface area contributed by atoms with Gasteiger partial charge in [0.2, 0.25) is 0 Å². The molecule has 2 aromatic rings. The summed E-state index contributed by atoms with van der Waals surface area (Å²) in [4.78, 5) is 14.6. The molecule has 4 nitrogen and oxygen atoms in total. The average Bonchev–Trinajstić information content (AvgIpc) is 2.85. The molecule has 0 N–H and O–H groups in total. The van der Waals surface area contributed by atoms with Crippen molar-refractivity contribution < 1.29 is 4.79 Å². The highest BCUT2D eigenvalue weighted by Crippen LogP contribution is 2.32. The van der Waals surface area contributed by atoms with E-state index in [1.165, 1.54) is 11.3 Å². The second kappa shape index (κ2) is 5.54. The predicted octanol–water partition coefficient (Wildman–Crippen LogP) is 3.28. The molecule has 1 amide bonds. The molecule has 0 fully saturated rings. The summed E-state index contributed by atoms with van der Waals surface area (Å²) < 4.78 is 3.57. The van der Waals surface area contributed by atoms with Gasteiger partial charge in [-0.15, -0.1) is 11.3 Å². The van der Waals surface area contributed by atoms with E-state index < -0.39 is 0 Å². The van der Waals surface area contributed by atoms with Crippen LogP contribution in [0.1, 0.15) is 15.2 Å². The molecule has 96 valence electrons. The van der Waals surface area contributed by atoms with Gasteiger partial charge in [0.25, 0.3) is 5.91 Å². The topological polar surface area (TPSA) is 38.1 Å². The van der Waals surface area contributed by atoms with Crippen LogP contribution < -0.4 is 0 Å². The number of hydrogen-bond acceptors (Lipinski definition) is 3. The molecule has 0 aromatic carbocycles. The third kappa shape index (κ3) is 3.02. The van der Waals surface area contributed by atoms with Crippen LogP contribution in [0.15, 0.2) is 26.7 Å². The minimum absolute atomic E-state index is 0.00949. The molecule has 0 aliphatic rings. The maximum absolute atomic E-state index is 12.2. The molecule has 18 heavy (non-hydrogen) atoms. The summed E-state index contributed by atoms with van der Waals surface area (Å²) >= 11 is 8.20. The fourth-order valence-corrected chi connectivity index (χ4v) is 3.57. The first kappa shape index (κ1) is 13.8. The van der Waals surface area contributed by atoms with Gasteiger partial charge in [0.05, 0.1) is 14.9 Å². The molecule has 0 atom stereocenters. The Morgan fingerprint density at radius 2 is 2.28 bits per heavy atom. The van der Waals surface area contributed by atoms with Crippen LogP contribution in [0.5, 0.6) is 0 Å². The molecular formula is C11H11Br2N3OS. The van der Waals surface area contributed by atoms with E-state index in [1.54, 1.807) is 22.8 Å². The van der Waals surface area contributed by atoms with E-state index in [-0.39, 0.29) is 5.91 Å². The zero-order valence-electron chi connectivity index (χ0n) is 9.85. The highest BCUT2D eigenvalue weighted by Gasteiger charge is 2.16. The number of aryl methyl sites for hydroxylation is 1. The van der Waals surface area contributed by atoms with E-state index in [1.807, 2.05) is 19.3 Å². The van der Waals surface area contributed by atoms with Gasteiger partial charge >= 0.3 is 0 Å². The van der Waals surface area contributed by atoms with Crippen LogP contribution in [-0.2, 0) is 13.6 Å². The summed E-state index contributed by atoms with van der Waals surface area (Å²) in [5.41, 5.74) is 1.02. The number of rotatable bonds is 3. The highest BCUT2D eigenvalue weighted by atomic mass is 79.9. The first-order chi connectivity index (χ1) is 8.47. The fourth-order valence-electron chi connectivity index (χ4n) is 1.54. The van der Waals surface area contributed by atoms with E-state index in [0.717, 1.165) is 13.8 Å². The zero-order valence-corrected chi connectivity index (χ0v) is 13.8. The van der Waals surface area contributed by atoms with Crippen molar-refractivity contribution in [2.45, 2.75) is 6.54 Å². The summed E-state index contributed by atoms with van der Waals surface area (Å²) in [6.07, 6.45) is 3.67. The van der Waals surface area contributed by atoms with Crippen molar-refractivity contribution in [3.8, 4) is 0 Å². The number of thiophene rings is 1. The molecule has 0 aliphatic carbocycles. The summed E-state index contributed by atoms with van der Waals surface area (Å²) in [6, 6.07) is 1.83. The SMILES string of the molecule is CN(Cc1cnn(C)c1)C(=O)c1cc(Br)c(Br)s1. The van der Waals surface area contributed by atoms with Gasteiger partial charge in [-0.2, -0.15) is 5.10 Å². The molecule has 2 heterocycles. The lowest BCUT2D eigenvalue weighted by Crippen LogP contribution is -2.25. The minimum atomic E-state index is 0.00949. The van der Waals surface area contributed by atoms with Crippen LogP contribution in [0, 0.1) is 0 Å². The van der Waals surface area contributed by atoms with Gasteiger partial charge in [0.1, 0.15) is 0 Å². The van der Waals surface area contributed by atoms with Crippen LogP contribution >= 0.6 is 43.2 Å². The summed E-state index contributed by atoms with van der Waals surface area (Å²) in [7, 11) is 3.65. The largest absolute Gasteiger partial charge is 0.337 e. The minimum Gasteiger partial charge on any atom is -0.337 e. The van der Waals surface area contributed by atoms with Crippen molar-refractivity contribution in [2.75, 3.05) is 7.05 Å². The Kier molecular flexibility index (Phi) is 4.24. The molecule has 0 bridgehead atoms. The van der Waals surface area contributed by atoms with E-state index in [9.17, 15) is 4.79 Å². The van der Waals surface area contributed by atoms with Gasteiger partial charge in [-0.05, 0) is 37.9 Å². The highest BCUT2D eigenvalue weighted by molar-refractivity contribution is 9.13. The number of aromatic nitrogens is 2. The molecule has 0 saturated heterocycles. The first-order valence-corrected chi connectivity index (χ1v) is 7.55. The molecule has 2 rings (SSSR count). The van der Waals surface area contributed by atoms with Crippen LogP contribution in [0.2, 0.25) is 0 Å². The van der Waals surface area contributed by atoms with E-state index in [0.29, 0.717) is 11.4 Å². The molecule has 7 heteroatoms. The smallest absolute Gasteiger partial charge is 0.264 e. The molecular weight excluding hydrogens is 382 g/mol. The van der Waals surface area contributed by atoms with Crippen LogP contribution in [0.3, 0.4) is 0 Å². The molecule has 0 unspecified atom stereocenters. The maximum atomic E-state index is 12.2. The van der Waals surface area contributed by atoms with Crippen molar-refractivity contribution in [2.24, 2.45) is 7.05 Å². The third-order valence-electron chi connectivity index (χ3n) is 2.38. The monoisotopic (exact) mass is 391 g/mol. The van der Waals surface area contributed by atoms with Crippen molar-refractivity contribution in [3.63, 3.8) is 0 Å². The van der Waals surface area contributed by atoms with E-state index >= 15 is 0 Å². The quantitative estimate of drug-likeness (QED) is 0.803.